The van der Waals surface area contributed by atoms with Crippen LogP contribution in [0.1, 0.15) is 18.1 Å². The number of hydrogen-bond donors (Lipinski definition) is 0. The Balaban J connectivity index is 1.88. The van der Waals surface area contributed by atoms with Crippen LogP contribution in [0, 0.1) is 3.57 Å². The van der Waals surface area contributed by atoms with E-state index in [9.17, 15) is 4.79 Å². The van der Waals surface area contributed by atoms with E-state index in [1.54, 1.807) is 26.2 Å². The molecule has 26 heavy (non-hydrogen) atoms. The fourth-order valence-corrected chi connectivity index (χ4v) is 3.39. The lowest BCUT2D eigenvalue weighted by atomic mass is 10.1. The molecule has 3 rings (SSSR count). The normalized spacial score (nSPS) is 15.0. The van der Waals surface area contributed by atoms with Crippen molar-refractivity contribution >= 4 is 51.9 Å². The maximum atomic E-state index is 11.7. The Morgan fingerprint density at radius 1 is 1.31 bits per heavy atom. The van der Waals surface area contributed by atoms with Gasteiger partial charge < -0.3 is 14.3 Å². The van der Waals surface area contributed by atoms with Crippen molar-refractivity contribution in [1.29, 1.82) is 0 Å². The molecule has 1 aliphatic rings. The third-order valence-corrected chi connectivity index (χ3v) is 4.94. The molecule has 5 nitrogen and oxygen atoms in total. The molecule has 0 radical (unpaired) electrons. The number of carbonyl (C=O) groups excluding carboxylic acids is 1. The standard InChI is InChI=1S/C19H15ClINO4/c1-11-14(19(23)26-22-11)7-12-8-16(21)18(17(9-12)24-2)25-10-13-5-3-4-6-15(13)20/h3-9H,10H2,1-2H3/b14-7+. The van der Waals surface area contributed by atoms with Crippen LogP contribution in [-0.2, 0) is 16.2 Å². The molecule has 0 bridgehead atoms. The molecule has 0 fully saturated rings. The zero-order chi connectivity index (χ0) is 18.7. The molecule has 2 aromatic carbocycles. The summed E-state index contributed by atoms with van der Waals surface area (Å²) in [7, 11) is 1.57. The van der Waals surface area contributed by atoms with E-state index >= 15 is 0 Å². The average molecular weight is 484 g/mol. The highest BCUT2D eigenvalue weighted by Gasteiger charge is 2.22. The first-order chi connectivity index (χ1) is 12.5. The highest BCUT2D eigenvalue weighted by molar-refractivity contribution is 14.1. The maximum absolute atomic E-state index is 11.7. The zero-order valence-corrected chi connectivity index (χ0v) is 17.0. The number of benzene rings is 2. The first kappa shape index (κ1) is 18.7. The van der Waals surface area contributed by atoms with Crippen molar-refractivity contribution in [3.63, 3.8) is 0 Å². The second-order valence-electron chi connectivity index (χ2n) is 5.53. The van der Waals surface area contributed by atoms with Crippen molar-refractivity contribution in [1.82, 2.24) is 0 Å². The minimum absolute atomic E-state index is 0.324. The van der Waals surface area contributed by atoms with Crippen molar-refractivity contribution in [3.05, 3.63) is 61.7 Å². The molecule has 0 amide bonds. The van der Waals surface area contributed by atoms with Gasteiger partial charge in [0.25, 0.3) is 0 Å². The van der Waals surface area contributed by atoms with Crippen LogP contribution >= 0.6 is 34.2 Å². The summed E-state index contributed by atoms with van der Waals surface area (Å²) in [6.45, 7) is 2.05. The van der Waals surface area contributed by atoms with Crippen LogP contribution in [0.4, 0.5) is 0 Å². The van der Waals surface area contributed by atoms with Gasteiger partial charge in [0.1, 0.15) is 6.61 Å². The molecule has 0 saturated carbocycles. The fraction of sp³-hybridized carbons (Fsp3) is 0.158. The van der Waals surface area contributed by atoms with Crippen LogP contribution in [-0.4, -0.2) is 18.8 Å². The lowest BCUT2D eigenvalue weighted by molar-refractivity contribution is -0.136. The number of hydrogen-bond acceptors (Lipinski definition) is 5. The molecule has 7 heteroatoms. The number of halogens is 2. The Morgan fingerprint density at radius 2 is 2.08 bits per heavy atom. The third kappa shape index (κ3) is 4.02. The quantitative estimate of drug-likeness (QED) is 0.347. The molecule has 1 heterocycles. The molecule has 0 atom stereocenters. The summed E-state index contributed by atoms with van der Waals surface area (Å²) in [4.78, 5) is 16.4. The van der Waals surface area contributed by atoms with Crippen molar-refractivity contribution in [2.24, 2.45) is 5.16 Å². The van der Waals surface area contributed by atoms with Crippen LogP contribution in [0.15, 0.2) is 47.1 Å². The smallest absolute Gasteiger partial charge is 0.367 e. The molecular formula is C19H15ClINO4. The number of oxime groups is 1. The van der Waals surface area contributed by atoms with Gasteiger partial charge >= 0.3 is 5.97 Å². The van der Waals surface area contributed by atoms with Crippen LogP contribution in [0.5, 0.6) is 11.5 Å². The second kappa shape index (κ2) is 8.09. The fourth-order valence-electron chi connectivity index (χ4n) is 2.41. The summed E-state index contributed by atoms with van der Waals surface area (Å²) < 4.78 is 12.3. The number of rotatable bonds is 5. The van der Waals surface area contributed by atoms with Gasteiger partial charge in [0.15, 0.2) is 11.5 Å². The van der Waals surface area contributed by atoms with E-state index in [-0.39, 0.29) is 0 Å². The van der Waals surface area contributed by atoms with Crippen LogP contribution in [0.25, 0.3) is 6.08 Å². The van der Waals surface area contributed by atoms with Crippen LogP contribution < -0.4 is 9.47 Å². The number of nitrogens with zero attached hydrogens (tertiary/aromatic N) is 1. The molecule has 2 aromatic rings. The molecule has 0 saturated heterocycles. The van der Waals surface area contributed by atoms with E-state index in [1.807, 2.05) is 30.3 Å². The highest BCUT2D eigenvalue weighted by atomic mass is 127. The predicted octanol–water partition coefficient (Wildman–Crippen LogP) is 4.85. The van der Waals surface area contributed by atoms with Crippen molar-refractivity contribution in [3.8, 4) is 11.5 Å². The van der Waals surface area contributed by atoms with Crippen LogP contribution in [0.2, 0.25) is 5.02 Å². The Morgan fingerprint density at radius 3 is 2.73 bits per heavy atom. The minimum Gasteiger partial charge on any atom is -0.493 e. The first-order valence-electron chi connectivity index (χ1n) is 7.71. The van der Waals surface area contributed by atoms with Crippen LogP contribution in [0.3, 0.4) is 0 Å². The molecule has 0 N–H and O–H groups in total. The van der Waals surface area contributed by atoms with Gasteiger partial charge in [0, 0.05) is 10.6 Å². The van der Waals surface area contributed by atoms with Gasteiger partial charge in [-0.15, -0.1) is 0 Å². The molecule has 134 valence electrons. The minimum atomic E-state index is -0.462. The lowest BCUT2D eigenvalue weighted by Crippen LogP contribution is -2.03. The molecule has 0 unspecified atom stereocenters. The van der Waals surface area contributed by atoms with Crippen molar-refractivity contribution < 1.29 is 19.1 Å². The maximum Gasteiger partial charge on any atom is 0.367 e. The van der Waals surface area contributed by atoms with Gasteiger partial charge in [-0.05, 0) is 59.4 Å². The van der Waals surface area contributed by atoms with E-state index in [1.165, 1.54) is 0 Å². The van der Waals surface area contributed by atoms with Gasteiger partial charge in [-0.2, -0.15) is 0 Å². The third-order valence-electron chi connectivity index (χ3n) is 3.77. The topological polar surface area (TPSA) is 57.1 Å². The monoisotopic (exact) mass is 483 g/mol. The first-order valence-corrected chi connectivity index (χ1v) is 9.17. The Bertz CT molecular complexity index is 924. The molecule has 0 aliphatic carbocycles. The average Bonchev–Trinajstić information content (AvgIpc) is 2.93. The zero-order valence-electron chi connectivity index (χ0n) is 14.1. The van der Waals surface area contributed by atoms with Crippen molar-refractivity contribution in [2.75, 3.05) is 7.11 Å². The van der Waals surface area contributed by atoms with E-state index in [0.717, 1.165) is 14.7 Å². The largest absolute Gasteiger partial charge is 0.493 e. The Hall–Kier alpha value is -2.06. The Labute approximate surface area is 169 Å². The second-order valence-corrected chi connectivity index (χ2v) is 7.10. The van der Waals surface area contributed by atoms with E-state index in [2.05, 4.69) is 32.6 Å². The van der Waals surface area contributed by atoms with Crippen molar-refractivity contribution in [2.45, 2.75) is 13.5 Å². The summed E-state index contributed by atoms with van der Waals surface area (Å²) in [6, 6.07) is 11.2. The van der Waals surface area contributed by atoms with Gasteiger partial charge in [0.2, 0.25) is 0 Å². The molecular weight excluding hydrogens is 469 g/mol. The number of methoxy groups -OCH3 is 1. The van der Waals surface area contributed by atoms with Gasteiger partial charge in [-0.3, -0.25) is 0 Å². The summed E-state index contributed by atoms with van der Waals surface area (Å²) in [6.07, 6.45) is 1.72. The van der Waals surface area contributed by atoms with Gasteiger partial charge in [0.05, 0.1) is 22.0 Å². The summed E-state index contributed by atoms with van der Waals surface area (Å²) in [5, 5.41) is 4.33. The predicted molar refractivity (Wildman–Crippen MR) is 109 cm³/mol. The summed E-state index contributed by atoms with van der Waals surface area (Å²) in [5.41, 5.74) is 2.65. The van der Waals surface area contributed by atoms with Gasteiger partial charge in [-0.25, -0.2) is 4.79 Å². The number of ether oxygens (including phenoxy) is 2. The summed E-state index contributed by atoms with van der Waals surface area (Å²) in [5.74, 6) is 0.724. The lowest BCUT2D eigenvalue weighted by Gasteiger charge is -2.14. The van der Waals surface area contributed by atoms with Gasteiger partial charge in [-0.1, -0.05) is 35.0 Å². The molecule has 0 spiro atoms. The molecule has 1 aliphatic heterocycles. The SMILES string of the molecule is COc1cc(/C=C2/C(=O)ON=C2C)cc(I)c1OCc1ccccc1Cl. The molecule has 0 aromatic heterocycles. The van der Waals surface area contributed by atoms with E-state index in [0.29, 0.717) is 34.4 Å². The highest BCUT2D eigenvalue weighted by Crippen LogP contribution is 2.35. The van der Waals surface area contributed by atoms with E-state index < -0.39 is 5.97 Å². The number of carbonyl (C=O) groups is 1. The summed E-state index contributed by atoms with van der Waals surface area (Å²) >= 11 is 8.35. The Kier molecular flexibility index (Phi) is 5.83. The van der Waals surface area contributed by atoms with E-state index in [4.69, 9.17) is 21.1 Å².